The number of rotatable bonds is 1. The number of carbonyl (C=O) groups is 1. The monoisotopic (exact) mass is 391 g/mol. The summed E-state index contributed by atoms with van der Waals surface area (Å²) in [7, 11) is 0. The Morgan fingerprint density at radius 1 is 0.885 bits per heavy atom. The third kappa shape index (κ3) is 3.62. The number of hydrogen-bond donors (Lipinski definition) is 0. The molecule has 2 aromatic carbocycles. The largest absolute Gasteiger partial charge is 0.446 e. The van der Waals surface area contributed by atoms with Crippen molar-refractivity contribution in [2.24, 2.45) is 0 Å². The predicted octanol–water partition coefficient (Wildman–Crippen LogP) is 4.69. The molecule has 136 valence electrons. The summed E-state index contributed by atoms with van der Waals surface area (Å²) < 4.78 is 12.0. The summed E-state index contributed by atoms with van der Waals surface area (Å²) in [6.07, 6.45) is 2.72. The van der Waals surface area contributed by atoms with Crippen molar-refractivity contribution in [2.75, 3.05) is 13.1 Å². The van der Waals surface area contributed by atoms with Gasteiger partial charge in [0.25, 0.3) is 0 Å². The molecule has 0 saturated carbocycles. The normalized spacial score (nSPS) is 17.2. The van der Waals surface area contributed by atoms with Crippen LogP contribution in [0.5, 0.6) is 11.5 Å². The second-order valence-corrected chi connectivity index (χ2v) is 7.51. The fourth-order valence-electron chi connectivity index (χ4n) is 3.43. The molecule has 4 rings (SSSR count). The summed E-state index contributed by atoms with van der Waals surface area (Å²) in [4.78, 5) is 14.8. The molecule has 0 aromatic heterocycles. The van der Waals surface area contributed by atoms with Gasteiger partial charge < -0.3 is 14.4 Å². The summed E-state index contributed by atoms with van der Waals surface area (Å²) in [5.74, 6) is 1.07. The number of nitrogens with zero attached hydrogens (tertiary/aromatic N) is 1. The Kier molecular flexibility index (Phi) is 4.96. The lowest BCUT2D eigenvalue weighted by Crippen LogP contribution is -2.47. The number of amides is 1. The van der Waals surface area contributed by atoms with Gasteiger partial charge in [0.15, 0.2) is 0 Å². The van der Waals surface area contributed by atoms with E-state index in [1.165, 1.54) is 0 Å². The lowest BCUT2D eigenvalue weighted by Gasteiger charge is -2.32. The highest BCUT2D eigenvalue weighted by atomic mass is 35.5. The molecule has 1 saturated heterocycles. The average Bonchev–Trinajstić information content (AvgIpc) is 2.63. The van der Waals surface area contributed by atoms with E-state index in [0.717, 1.165) is 43.5 Å². The molecule has 26 heavy (non-hydrogen) atoms. The molecule has 0 bridgehead atoms. The zero-order valence-electron chi connectivity index (χ0n) is 14.2. The van der Waals surface area contributed by atoms with Crippen molar-refractivity contribution < 1.29 is 14.3 Å². The van der Waals surface area contributed by atoms with E-state index in [-0.39, 0.29) is 5.91 Å². The topological polar surface area (TPSA) is 38.8 Å². The molecule has 2 aliphatic heterocycles. The van der Waals surface area contributed by atoms with Gasteiger partial charge in [0.05, 0.1) is 0 Å². The van der Waals surface area contributed by atoms with Crippen molar-refractivity contribution in [2.45, 2.75) is 32.0 Å². The minimum Gasteiger partial charge on any atom is -0.446 e. The molecular formula is C20H19Cl2NO3. The smallest absolute Gasteiger partial charge is 0.321 e. The van der Waals surface area contributed by atoms with Crippen LogP contribution < -0.4 is 9.47 Å². The van der Waals surface area contributed by atoms with E-state index in [1.54, 1.807) is 24.3 Å². The molecule has 0 spiro atoms. The van der Waals surface area contributed by atoms with Crippen molar-refractivity contribution in [1.29, 1.82) is 0 Å². The molecule has 1 amide bonds. The zero-order valence-corrected chi connectivity index (χ0v) is 15.7. The number of halogens is 2. The molecule has 1 fully saturated rings. The third-order valence-corrected chi connectivity index (χ3v) is 5.23. The van der Waals surface area contributed by atoms with Crippen LogP contribution in [0.2, 0.25) is 10.0 Å². The van der Waals surface area contributed by atoms with Crippen LogP contribution in [0.4, 0.5) is 0 Å². The minimum absolute atomic E-state index is 0.145. The van der Waals surface area contributed by atoms with Gasteiger partial charge >= 0.3 is 12.2 Å². The first-order valence-corrected chi connectivity index (χ1v) is 9.55. The molecule has 0 atom stereocenters. The number of likely N-dealkylation sites (tertiary alicyclic amines) is 1. The molecule has 0 N–H and O–H groups in total. The van der Waals surface area contributed by atoms with Crippen LogP contribution in [0.3, 0.4) is 0 Å². The maximum Gasteiger partial charge on any atom is 0.321 e. The highest BCUT2D eigenvalue weighted by Gasteiger charge is 2.31. The maximum atomic E-state index is 13.0. The Morgan fingerprint density at radius 3 is 1.96 bits per heavy atom. The van der Waals surface area contributed by atoms with Crippen LogP contribution >= 0.6 is 23.2 Å². The molecule has 4 nitrogen and oxygen atoms in total. The molecule has 0 radical (unpaired) electrons. The van der Waals surface area contributed by atoms with Gasteiger partial charge in [0.1, 0.15) is 11.5 Å². The first kappa shape index (κ1) is 17.5. The summed E-state index contributed by atoms with van der Waals surface area (Å²) in [6.45, 7) is 1.48. The van der Waals surface area contributed by atoms with Crippen LogP contribution in [0.15, 0.2) is 36.4 Å². The SMILES string of the molecule is O=C(C1Oc2ccc(Cl)cc2Cc2cc(Cl)ccc2O1)N1CCCCC1. The second-order valence-electron chi connectivity index (χ2n) is 6.63. The van der Waals surface area contributed by atoms with E-state index in [9.17, 15) is 4.79 Å². The fraction of sp³-hybridized carbons (Fsp3) is 0.350. The Hall–Kier alpha value is -1.91. The molecule has 0 unspecified atom stereocenters. The Labute approximate surface area is 162 Å². The van der Waals surface area contributed by atoms with Gasteiger partial charge in [-0.1, -0.05) is 23.2 Å². The molecule has 2 aliphatic rings. The summed E-state index contributed by atoms with van der Waals surface area (Å²) >= 11 is 12.3. The quantitative estimate of drug-likeness (QED) is 0.707. The van der Waals surface area contributed by atoms with Crippen molar-refractivity contribution in [3.05, 3.63) is 57.6 Å². The zero-order chi connectivity index (χ0) is 18.1. The number of ether oxygens (including phenoxy) is 2. The Morgan fingerprint density at radius 2 is 1.42 bits per heavy atom. The summed E-state index contributed by atoms with van der Waals surface area (Å²) in [6, 6.07) is 10.8. The lowest BCUT2D eigenvalue weighted by atomic mass is 10.0. The van der Waals surface area contributed by atoms with Crippen LogP contribution in [-0.2, 0) is 11.2 Å². The van der Waals surface area contributed by atoms with Crippen LogP contribution in [0, 0.1) is 0 Å². The Bertz CT molecular complexity index is 780. The number of fused-ring (bicyclic) bond motifs is 2. The van der Waals surface area contributed by atoms with E-state index in [0.29, 0.717) is 28.0 Å². The first-order chi connectivity index (χ1) is 12.6. The van der Waals surface area contributed by atoms with Gasteiger partial charge in [-0.25, -0.2) is 0 Å². The number of carbonyl (C=O) groups excluding carboxylic acids is 1. The van der Waals surface area contributed by atoms with E-state index < -0.39 is 6.29 Å². The standard InChI is InChI=1S/C20H19Cl2NO3/c21-15-4-6-17-13(11-15)10-14-12-16(22)5-7-18(14)26-20(25-17)19(24)23-8-2-1-3-9-23/h4-7,11-12,20H,1-3,8-10H2. The van der Waals surface area contributed by atoms with Gasteiger partial charge in [-0.15, -0.1) is 0 Å². The number of hydrogen-bond acceptors (Lipinski definition) is 3. The Balaban J connectivity index is 1.72. The second kappa shape index (κ2) is 7.37. The lowest BCUT2D eigenvalue weighted by molar-refractivity contribution is -0.152. The van der Waals surface area contributed by atoms with Crippen molar-refractivity contribution in [3.8, 4) is 11.5 Å². The molecule has 2 aromatic rings. The summed E-state index contributed by atoms with van der Waals surface area (Å²) in [5.41, 5.74) is 1.81. The first-order valence-electron chi connectivity index (χ1n) is 8.79. The van der Waals surface area contributed by atoms with Gasteiger partial charge in [-0.2, -0.15) is 0 Å². The molecule has 2 heterocycles. The minimum atomic E-state index is -1.02. The number of piperidine rings is 1. The van der Waals surface area contributed by atoms with E-state index in [1.807, 2.05) is 17.0 Å². The van der Waals surface area contributed by atoms with Gasteiger partial charge in [0, 0.05) is 40.7 Å². The molecular weight excluding hydrogens is 373 g/mol. The van der Waals surface area contributed by atoms with Crippen molar-refractivity contribution in [3.63, 3.8) is 0 Å². The molecule has 0 aliphatic carbocycles. The van der Waals surface area contributed by atoms with Crippen LogP contribution in [0.1, 0.15) is 30.4 Å². The van der Waals surface area contributed by atoms with E-state index in [2.05, 4.69) is 0 Å². The number of benzene rings is 2. The summed E-state index contributed by atoms with van der Waals surface area (Å²) in [5, 5.41) is 1.24. The highest BCUT2D eigenvalue weighted by Crippen LogP contribution is 2.34. The van der Waals surface area contributed by atoms with Crippen molar-refractivity contribution >= 4 is 29.1 Å². The van der Waals surface area contributed by atoms with E-state index in [4.69, 9.17) is 32.7 Å². The van der Waals surface area contributed by atoms with Crippen LogP contribution in [0.25, 0.3) is 0 Å². The van der Waals surface area contributed by atoms with Gasteiger partial charge in [-0.05, 0) is 55.7 Å². The molecule has 6 heteroatoms. The third-order valence-electron chi connectivity index (χ3n) is 4.76. The van der Waals surface area contributed by atoms with E-state index >= 15 is 0 Å². The fourth-order valence-corrected chi connectivity index (χ4v) is 3.82. The maximum absolute atomic E-state index is 13.0. The predicted molar refractivity (Wildman–Crippen MR) is 101 cm³/mol. The highest BCUT2D eigenvalue weighted by molar-refractivity contribution is 6.31. The van der Waals surface area contributed by atoms with Gasteiger partial charge in [-0.3, -0.25) is 4.79 Å². The van der Waals surface area contributed by atoms with Crippen LogP contribution in [-0.4, -0.2) is 30.2 Å². The van der Waals surface area contributed by atoms with Crippen molar-refractivity contribution in [1.82, 2.24) is 4.90 Å². The average molecular weight is 392 g/mol. The van der Waals surface area contributed by atoms with Gasteiger partial charge in [0.2, 0.25) is 0 Å².